The molecule has 0 atom stereocenters. The summed E-state index contributed by atoms with van der Waals surface area (Å²) in [5.74, 6) is 0.993. The van der Waals surface area contributed by atoms with Gasteiger partial charge in [0.1, 0.15) is 11.3 Å². The van der Waals surface area contributed by atoms with E-state index in [4.69, 9.17) is 5.11 Å². The Balaban J connectivity index is 1.91. The van der Waals surface area contributed by atoms with Crippen molar-refractivity contribution < 1.29 is 5.11 Å². The van der Waals surface area contributed by atoms with Gasteiger partial charge in [0.15, 0.2) is 0 Å². The van der Waals surface area contributed by atoms with Crippen LogP contribution in [0.2, 0.25) is 0 Å². The van der Waals surface area contributed by atoms with E-state index in [2.05, 4.69) is 38.8 Å². The summed E-state index contributed by atoms with van der Waals surface area (Å²) in [5, 5.41) is 8.93. The molecule has 0 amide bonds. The molecular weight excluding hydrogens is 250 g/mol. The maximum atomic E-state index is 8.93. The van der Waals surface area contributed by atoms with E-state index in [1.54, 1.807) is 12.4 Å². The molecule has 2 heterocycles. The predicted molar refractivity (Wildman–Crippen MR) is 78.6 cm³/mol. The fraction of sp³-hybridized carbons (Fsp3) is 0.250. The lowest BCUT2D eigenvalue weighted by Crippen LogP contribution is -2.02. The van der Waals surface area contributed by atoms with Crippen LogP contribution in [0.5, 0.6) is 0 Å². The molecule has 20 heavy (non-hydrogen) atoms. The Morgan fingerprint density at radius 2 is 1.85 bits per heavy atom. The SMILES string of the molecule is Cc1nc2cnccc2n1Cc1ccc(CCO)cc1. The van der Waals surface area contributed by atoms with Crippen LogP contribution in [-0.2, 0) is 13.0 Å². The highest BCUT2D eigenvalue weighted by Crippen LogP contribution is 2.16. The van der Waals surface area contributed by atoms with Crippen LogP contribution in [0.25, 0.3) is 11.0 Å². The lowest BCUT2D eigenvalue weighted by atomic mass is 10.1. The maximum Gasteiger partial charge on any atom is 0.107 e. The van der Waals surface area contributed by atoms with Crippen molar-refractivity contribution in [3.05, 3.63) is 59.7 Å². The Morgan fingerprint density at radius 3 is 2.60 bits per heavy atom. The van der Waals surface area contributed by atoms with Crippen molar-refractivity contribution in [1.29, 1.82) is 0 Å². The Kier molecular flexibility index (Phi) is 3.48. The summed E-state index contributed by atoms with van der Waals surface area (Å²) in [7, 11) is 0. The summed E-state index contributed by atoms with van der Waals surface area (Å²) in [6.45, 7) is 3.00. The van der Waals surface area contributed by atoms with Crippen molar-refractivity contribution >= 4 is 11.0 Å². The molecule has 0 spiro atoms. The molecular formula is C16H17N3O. The van der Waals surface area contributed by atoms with Crippen LogP contribution in [-0.4, -0.2) is 26.2 Å². The third-order valence-corrected chi connectivity index (χ3v) is 3.51. The molecule has 0 saturated heterocycles. The van der Waals surface area contributed by atoms with E-state index in [9.17, 15) is 0 Å². The van der Waals surface area contributed by atoms with Gasteiger partial charge in [0.05, 0.1) is 11.7 Å². The first-order valence-corrected chi connectivity index (χ1v) is 6.73. The lowest BCUT2D eigenvalue weighted by Gasteiger charge is -2.08. The fourth-order valence-electron chi connectivity index (χ4n) is 2.42. The van der Waals surface area contributed by atoms with Gasteiger partial charge in [-0.2, -0.15) is 0 Å². The third-order valence-electron chi connectivity index (χ3n) is 3.51. The van der Waals surface area contributed by atoms with Gasteiger partial charge in [-0.05, 0) is 30.5 Å². The molecule has 1 N–H and O–H groups in total. The van der Waals surface area contributed by atoms with Gasteiger partial charge in [0, 0.05) is 19.3 Å². The number of imidazole rings is 1. The van der Waals surface area contributed by atoms with Crippen molar-refractivity contribution in [2.24, 2.45) is 0 Å². The zero-order valence-corrected chi connectivity index (χ0v) is 11.5. The zero-order chi connectivity index (χ0) is 13.9. The maximum absolute atomic E-state index is 8.93. The topological polar surface area (TPSA) is 50.9 Å². The molecule has 2 aromatic heterocycles. The zero-order valence-electron chi connectivity index (χ0n) is 11.5. The van der Waals surface area contributed by atoms with E-state index in [1.165, 1.54) is 5.56 Å². The van der Waals surface area contributed by atoms with Gasteiger partial charge in [-0.1, -0.05) is 24.3 Å². The molecule has 0 aliphatic heterocycles. The largest absolute Gasteiger partial charge is 0.396 e. The van der Waals surface area contributed by atoms with Crippen molar-refractivity contribution in [2.75, 3.05) is 6.61 Å². The lowest BCUT2D eigenvalue weighted by molar-refractivity contribution is 0.299. The van der Waals surface area contributed by atoms with Crippen molar-refractivity contribution in [3.8, 4) is 0 Å². The number of rotatable bonds is 4. The van der Waals surface area contributed by atoms with Gasteiger partial charge in [0.25, 0.3) is 0 Å². The van der Waals surface area contributed by atoms with E-state index in [1.807, 2.05) is 13.0 Å². The second-order valence-electron chi connectivity index (χ2n) is 4.90. The Hall–Kier alpha value is -2.20. The summed E-state index contributed by atoms with van der Waals surface area (Å²) in [6, 6.07) is 10.4. The average Bonchev–Trinajstić information content (AvgIpc) is 2.78. The van der Waals surface area contributed by atoms with Crippen LogP contribution < -0.4 is 0 Å². The second-order valence-corrected chi connectivity index (χ2v) is 4.90. The second kappa shape index (κ2) is 5.43. The molecule has 0 radical (unpaired) electrons. The minimum absolute atomic E-state index is 0.192. The Bertz CT molecular complexity index is 716. The molecule has 4 heteroatoms. The monoisotopic (exact) mass is 267 g/mol. The van der Waals surface area contributed by atoms with Gasteiger partial charge >= 0.3 is 0 Å². The molecule has 3 rings (SSSR count). The summed E-state index contributed by atoms with van der Waals surface area (Å²) >= 11 is 0. The van der Waals surface area contributed by atoms with Gasteiger partial charge in [-0.15, -0.1) is 0 Å². The number of nitrogens with zero attached hydrogens (tertiary/aromatic N) is 3. The van der Waals surface area contributed by atoms with Gasteiger partial charge in [0.2, 0.25) is 0 Å². The molecule has 0 aliphatic rings. The van der Waals surface area contributed by atoms with E-state index in [0.29, 0.717) is 6.42 Å². The number of aromatic nitrogens is 3. The molecule has 0 fully saturated rings. The quantitative estimate of drug-likeness (QED) is 0.789. The number of aliphatic hydroxyl groups excluding tert-OH is 1. The normalized spacial score (nSPS) is 11.1. The first kappa shape index (κ1) is 12.8. The minimum Gasteiger partial charge on any atom is -0.396 e. The number of aliphatic hydroxyl groups is 1. The molecule has 0 bridgehead atoms. The van der Waals surface area contributed by atoms with Crippen LogP contribution in [0.15, 0.2) is 42.7 Å². The number of fused-ring (bicyclic) bond motifs is 1. The highest BCUT2D eigenvalue weighted by Gasteiger charge is 2.07. The van der Waals surface area contributed by atoms with Crippen LogP contribution in [0, 0.1) is 6.92 Å². The van der Waals surface area contributed by atoms with Crippen LogP contribution >= 0.6 is 0 Å². The third kappa shape index (κ3) is 2.42. The summed E-state index contributed by atoms with van der Waals surface area (Å²) in [5.41, 5.74) is 4.43. The molecule has 4 nitrogen and oxygen atoms in total. The molecule has 0 saturated carbocycles. The first-order chi connectivity index (χ1) is 9.78. The smallest absolute Gasteiger partial charge is 0.107 e. The van der Waals surface area contributed by atoms with Crippen molar-refractivity contribution in [3.63, 3.8) is 0 Å². The van der Waals surface area contributed by atoms with Gasteiger partial charge in [-0.3, -0.25) is 4.98 Å². The molecule has 0 unspecified atom stereocenters. The van der Waals surface area contributed by atoms with E-state index < -0.39 is 0 Å². The van der Waals surface area contributed by atoms with Crippen LogP contribution in [0.1, 0.15) is 17.0 Å². The first-order valence-electron chi connectivity index (χ1n) is 6.73. The van der Waals surface area contributed by atoms with E-state index >= 15 is 0 Å². The van der Waals surface area contributed by atoms with Crippen LogP contribution in [0.4, 0.5) is 0 Å². The Labute approximate surface area is 117 Å². The summed E-state index contributed by atoms with van der Waals surface area (Å²) < 4.78 is 2.19. The average molecular weight is 267 g/mol. The van der Waals surface area contributed by atoms with Crippen LogP contribution in [0.3, 0.4) is 0 Å². The van der Waals surface area contributed by atoms with E-state index in [0.717, 1.165) is 29.0 Å². The predicted octanol–water partition coefficient (Wildman–Crippen LogP) is 2.32. The number of hydrogen-bond donors (Lipinski definition) is 1. The fourth-order valence-corrected chi connectivity index (χ4v) is 2.42. The van der Waals surface area contributed by atoms with Crippen molar-refractivity contribution in [1.82, 2.24) is 14.5 Å². The highest BCUT2D eigenvalue weighted by atomic mass is 16.2. The number of pyridine rings is 1. The number of hydrogen-bond acceptors (Lipinski definition) is 3. The standard InChI is InChI=1S/C16H17N3O/c1-12-18-15-10-17-8-6-16(15)19(12)11-14-4-2-13(3-5-14)7-9-20/h2-6,8,10,20H,7,9,11H2,1H3. The van der Waals surface area contributed by atoms with E-state index in [-0.39, 0.29) is 6.61 Å². The molecule has 0 aliphatic carbocycles. The summed E-state index contributed by atoms with van der Waals surface area (Å²) in [4.78, 5) is 8.63. The molecule has 102 valence electrons. The summed E-state index contributed by atoms with van der Waals surface area (Å²) in [6.07, 6.45) is 4.30. The highest BCUT2D eigenvalue weighted by molar-refractivity contribution is 5.74. The minimum atomic E-state index is 0.192. The molecule has 1 aromatic carbocycles. The Morgan fingerprint density at radius 1 is 1.10 bits per heavy atom. The molecule has 3 aromatic rings. The number of aryl methyl sites for hydroxylation is 1. The number of benzene rings is 1. The van der Waals surface area contributed by atoms with Gasteiger partial charge < -0.3 is 9.67 Å². The van der Waals surface area contributed by atoms with Crippen molar-refractivity contribution in [2.45, 2.75) is 19.9 Å². The van der Waals surface area contributed by atoms with Gasteiger partial charge in [-0.25, -0.2) is 4.98 Å².